The van der Waals surface area contributed by atoms with Gasteiger partial charge in [-0.15, -0.1) is 0 Å². The Kier molecular flexibility index (Phi) is 3.33. The Bertz CT molecular complexity index is 2860. The Labute approximate surface area is 264 Å². The zero-order valence-corrected chi connectivity index (χ0v) is 21.8. The summed E-state index contributed by atoms with van der Waals surface area (Å²) in [6, 6.07) is 13.5. The summed E-state index contributed by atoms with van der Waals surface area (Å²) in [6.07, 6.45) is 0. The molecule has 0 unspecified atom stereocenters. The molecule has 0 fully saturated rings. The fourth-order valence-corrected chi connectivity index (χ4v) is 5.21. The van der Waals surface area contributed by atoms with Gasteiger partial charge < -0.3 is 0 Å². The van der Waals surface area contributed by atoms with Crippen LogP contribution in [0.3, 0.4) is 0 Å². The van der Waals surface area contributed by atoms with Gasteiger partial charge in [0.15, 0.2) is 5.82 Å². The SMILES string of the molecule is [2H]c1c([2H])c([2H])c(-c2cc(-c3c([2H])c([2H])c(-c4c5ccccc5cc5c4ccc4ccccc45)c([2H])c3[2H])nc(-c3c([2H])c([2H])c([2H])c([2H])c3[2H])n2)c([2H])c1[2H]. The zero-order valence-electron chi connectivity index (χ0n) is 35.8. The van der Waals surface area contributed by atoms with Gasteiger partial charge >= 0.3 is 0 Å². The molecule has 0 radical (unpaired) electrons. The van der Waals surface area contributed by atoms with Crippen LogP contribution in [0.4, 0.5) is 0 Å². The summed E-state index contributed by atoms with van der Waals surface area (Å²) in [4.78, 5) is 8.82. The van der Waals surface area contributed by atoms with Crippen LogP contribution in [0.1, 0.15) is 19.2 Å². The molecule has 0 bridgehead atoms. The smallest absolute Gasteiger partial charge is 0.160 e. The summed E-state index contributed by atoms with van der Waals surface area (Å²) in [5.41, 5.74) is -1.37. The van der Waals surface area contributed by atoms with Gasteiger partial charge in [0, 0.05) is 16.7 Å². The Morgan fingerprint density at radius 3 is 1.69 bits per heavy atom. The minimum atomic E-state index is -0.706. The predicted octanol–water partition coefficient (Wildman–Crippen LogP) is 10.6. The molecule has 0 N–H and O–H groups in total. The van der Waals surface area contributed by atoms with E-state index < -0.39 is 102 Å². The third-order valence-corrected chi connectivity index (χ3v) is 7.11. The molecule has 7 aromatic carbocycles. The maximum Gasteiger partial charge on any atom is 0.160 e. The molecule has 8 rings (SSSR count). The summed E-state index contributed by atoms with van der Waals surface area (Å²) in [5, 5.41) is 4.97. The molecule has 0 saturated carbocycles. The van der Waals surface area contributed by atoms with Crippen molar-refractivity contribution in [2.45, 2.75) is 0 Å². The van der Waals surface area contributed by atoms with E-state index in [4.69, 9.17) is 13.7 Å². The second-order valence-electron chi connectivity index (χ2n) is 9.57. The molecule has 0 spiro atoms. The Morgan fingerprint density at radius 1 is 0.405 bits per heavy atom. The third-order valence-electron chi connectivity index (χ3n) is 7.11. The maximum atomic E-state index is 9.41. The van der Waals surface area contributed by atoms with Gasteiger partial charge in [-0.1, -0.05) is 145 Å². The van der Waals surface area contributed by atoms with E-state index >= 15 is 0 Å². The second-order valence-corrected chi connectivity index (χ2v) is 9.57. The van der Waals surface area contributed by atoms with Gasteiger partial charge in [-0.25, -0.2) is 9.97 Å². The van der Waals surface area contributed by atoms with Crippen molar-refractivity contribution in [2.24, 2.45) is 0 Å². The van der Waals surface area contributed by atoms with Gasteiger partial charge in [0.1, 0.15) is 0 Å². The second kappa shape index (κ2) is 10.1. The van der Waals surface area contributed by atoms with Crippen LogP contribution in [-0.4, -0.2) is 9.97 Å². The Balaban J connectivity index is 1.47. The average molecular weight is 549 g/mol. The Hall–Kier alpha value is -5.60. The molecule has 2 nitrogen and oxygen atoms in total. The molecular formula is C40H26N2. The van der Waals surface area contributed by atoms with E-state index in [0.717, 1.165) is 27.6 Å². The lowest BCUT2D eigenvalue weighted by molar-refractivity contribution is 1.18. The summed E-state index contributed by atoms with van der Waals surface area (Å²) in [6.45, 7) is 0. The predicted molar refractivity (Wildman–Crippen MR) is 176 cm³/mol. The first-order chi connectivity index (χ1) is 26.6. The highest BCUT2D eigenvalue weighted by Crippen LogP contribution is 2.40. The van der Waals surface area contributed by atoms with Crippen molar-refractivity contribution < 1.29 is 19.2 Å². The summed E-state index contributed by atoms with van der Waals surface area (Å²) in [5.74, 6) is -0.519. The lowest BCUT2D eigenvalue weighted by atomic mass is 9.89. The highest BCUT2D eigenvalue weighted by atomic mass is 14.9. The van der Waals surface area contributed by atoms with Crippen molar-refractivity contribution in [1.82, 2.24) is 9.97 Å². The first-order valence-corrected chi connectivity index (χ1v) is 13.1. The molecule has 8 aromatic rings. The summed E-state index contributed by atoms with van der Waals surface area (Å²) in [7, 11) is 0. The molecular weight excluding hydrogens is 508 g/mol. The summed E-state index contributed by atoms with van der Waals surface area (Å²) >= 11 is 0. The van der Waals surface area contributed by atoms with Crippen LogP contribution in [0.2, 0.25) is 0 Å². The molecule has 0 atom stereocenters. The van der Waals surface area contributed by atoms with Crippen molar-refractivity contribution in [3.63, 3.8) is 0 Å². The van der Waals surface area contributed by atoms with Crippen LogP contribution in [0.5, 0.6) is 0 Å². The van der Waals surface area contributed by atoms with Crippen molar-refractivity contribution in [3.8, 4) is 45.0 Å². The zero-order chi connectivity index (χ0) is 40.1. The molecule has 0 aliphatic carbocycles. The van der Waals surface area contributed by atoms with Gasteiger partial charge in [-0.05, 0) is 55.6 Å². The lowest BCUT2D eigenvalue weighted by Gasteiger charge is -2.15. The molecule has 42 heavy (non-hydrogen) atoms. The fourth-order valence-electron chi connectivity index (χ4n) is 5.21. The van der Waals surface area contributed by atoms with E-state index in [2.05, 4.69) is 9.97 Å². The van der Waals surface area contributed by atoms with Crippen LogP contribution in [0.25, 0.3) is 77.3 Å². The molecule has 1 heterocycles. The molecule has 2 heteroatoms. The van der Waals surface area contributed by atoms with E-state index in [1.165, 1.54) is 0 Å². The normalized spacial score (nSPS) is 16.0. The van der Waals surface area contributed by atoms with Crippen LogP contribution in [0.15, 0.2) is 157 Å². The van der Waals surface area contributed by atoms with E-state index in [0.29, 0.717) is 16.3 Å². The molecule has 0 saturated heterocycles. The first-order valence-electron chi connectivity index (χ1n) is 20.1. The Morgan fingerprint density at radius 2 is 0.976 bits per heavy atom. The number of nitrogens with zero attached hydrogens (tertiary/aromatic N) is 2. The van der Waals surface area contributed by atoms with E-state index in [1.807, 2.05) is 66.7 Å². The van der Waals surface area contributed by atoms with Crippen molar-refractivity contribution in [2.75, 3.05) is 0 Å². The highest BCUT2D eigenvalue weighted by molar-refractivity contribution is 6.20. The van der Waals surface area contributed by atoms with E-state index in [9.17, 15) is 5.48 Å². The van der Waals surface area contributed by atoms with E-state index in [1.54, 1.807) is 0 Å². The number of rotatable bonds is 4. The molecule has 0 amide bonds. The molecule has 0 aliphatic rings. The number of hydrogen-bond acceptors (Lipinski definition) is 2. The highest BCUT2D eigenvalue weighted by Gasteiger charge is 2.14. The van der Waals surface area contributed by atoms with Crippen LogP contribution >= 0.6 is 0 Å². The van der Waals surface area contributed by atoms with Gasteiger partial charge in [-0.2, -0.15) is 0 Å². The molecule has 0 aliphatic heterocycles. The molecule has 196 valence electrons. The number of hydrogen-bond donors (Lipinski definition) is 0. The van der Waals surface area contributed by atoms with Gasteiger partial charge in [0.2, 0.25) is 0 Å². The quantitative estimate of drug-likeness (QED) is 0.161. The van der Waals surface area contributed by atoms with Crippen LogP contribution in [0, 0.1) is 0 Å². The first kappa shape index (κ1) is 13.8. The fraction of sp³-hybridized carbons (Fsp3) is 0. The largest absolute Gasteiger partial charge is 0.228 e. The summed E-state index contributed by atoms with van der Waals surface area (Å²) < 4.78 is 121. The monoisotopic (exact) mass is 548 g/mol. The van der Waals surface area contributed by atoms with Crippen LogP contribution < -0.4 is 0 Å². The van der Waals surface area contributed by atoms with Crippen molar-refractivity contribution >= 4 is 32.3 Å². The third kappa shape index (κ3) is 4.22. The maximum absolute atomic E-state index is 9.41. The van der Waals surface area contributed by atoms with Crippen molar-refractivity contribution in [3.05, 3.63) is 157 Å². The number of fused-ring (bicyclic) bond motifs is 4. The van der Waals surface area contributed by atoms with Gasteiger partial charge in [0.05, 0.1) is 30.6 Å². The van der Waals surface area contributed by atoms with E-state index in [-0.39, 0.29) is 22.5 Å². The van der Waals surface area contributed by atoms with Gasteiger partial charge in [-0.3, -0.25) is 0 Å². The lowest BCUT2D eigenvalue weighted by Crippen LogP contribution is -1.96. The topological polar surface area (TPSA) is 25.8 Å². The standard InChI is InChI=1S/C40H26N2/c1-3-12-28(13-4-1)37-26-38(42-40(41-37)31-14-5-2-6-15-31)29-19-21-30(22-20-29)39-34-18-10-8-16-32(34)25-36-33-17-9-7-11-27(33)23-24-35(36)39/h1-26H/i1D,2D,3D,4D,5D,6D,12D,13D,14D,15D,19D,20D,21D,22D. The minimum absolute atomic E-state index is 0.0200. The van der Waals surface area contributed by atoms with Gasteiger partial charge in [0.25, 0.3) is 0 Å². The number of aromatic nitrogens is 2. The van der Waals surface area contributed by atoms with Crippen LogP contribution in [-0.2, 0) is 0 Å². The number of benzene rings is 7. The van der Waals surface area contributed by atoms with Crippen molar-refractivity contribution in [1.29, 1.82) is 0 Å². The minimum Gasteiger partial charge on any atom is -0.228 e. The average Bonchev–Trinajstić information content (AvgIpc) is 3.20. The molecule has 1 aromatic heterocycles.